The highest BCUT2D eigenvalue weighted by atomic mass is 16.5. The zero-order chi connectivity index (χ0) is 15.7. The zero-order valence-corrected chi connectivity index (χ0v) is 12.7. The molecular formula is C16H19N3O3. The van der Waals surface area contributed by atoms with Crippen LogP contribution in [0.5, 0.6) is 0 Å². The molecule has 116 valence electrons. The molecule has 22 heavy (non-hydrogen) atoms. The molecule has 1 aromatic heterocycles. The summed E-state index contributed by atoms with van der Waals surface area (Å²) in [6.45, 7) is 5.21. The van der Waals surface area contributed by atoms with Crippen molar-refractivity contribution < 1.29 is 14.4 Å². The third kappa shape index (κ3) is 2.95. The first-order valence-corrected chi connectivity index (χ1v) is 7.41. The number of rotatable bonds is 3. The number of aromatic nitrogens is 2. The van der Waals surface area contributed by atoms with Crippen molar-refractivity contribution in [2.45, 2.75) is 20.3 Å². The van der Waals surface area contributed by atoms with Crippen LogP contribution >= 0.6 is 0 Å². The summed E-state index contributed by atoms with van der Waals surface area (Å²) in [4.78, 5) is 17.5. The summed E-state index contributed by atoms with van der Waals surface area (Å²) in [6, 6.07) is 8.28. The van der Waals surface area contributed by atoms with E-state index >= 15 is 0 Å². The Morgan fingerprint density at radius 2 is 2.05 bits per heavy atom. The lowest BCUT2D eigenvalue weighted by molar-refractivity contribution is -0.142. The van der Waals surface area contributed by atoms with Crippen molar-refractivity contribution in [1.82, 2.24) is 10.1 Å². The minimum Gasteiger partial charge on any atom is -0.481 e. The second-order valence-electron chi connectivity index (χ2n) is 6.05. The van der Waals surface area contributed by atoms with Gasteiger partial charge in [-0.3, -0.25) is 4.79 Å². The fourth-order valence-electron chi connectivity index (χ4n) is 2.85. The Balaban J connectivity index is 1.81. The summed E-state index contributed by atoms with van der Waals surface area (Å²) in [6.07, 6.45) is 0.685. The highest BCUT2D eigenvalue weighted by Crippen LogP contribution is 2.27. The summed E-state index contributed by atoms with van der Waals surface area (Å²) in [5.41, 5.74) is 2.06. The fraction of sp³-hybridized carbons (Fsp3) is 0.438. The van der Waals surface area contributed by atoms with E-state index in [-0.39, 0.29) is 5.92 Å². The van der Waals surface area contributed by atoms with E-state index in [0.29, 0.717) is 24.8 Å². The second-order valence-corrected chi connectivity index (χ2v) is 6.05. The van der Waals surface area contributed by atoms with Crippen molar-refractivity contribution in [3.63, 3.8) is 0 Å². The molecule has 2 aromatic rings. The molecule has 2 unspecified atom stereocenters. The van der Waals surface area contributed by atoms with Crippen LogP contribution in [-0.4, -0.2) is 34.3 Å². The van der Waals surface area contributed by atoms with E-state index in [0.717, 1.165) is 12.1 Å². The SMILES string of the molecule is Cc1ccc(-c2noc(N3CC(C)CC(C(=O)O)C3)n2)cc1. The third-order valence-corrected chi connectivity index (χ3v) is 4.00. The molecular weight excluding hydrogens is 282 g/mol. The number of hydrogen-bond acceptors (Lipinski definition) is 5. The number of hydrogen-bond donors (Lipinski definition) is 1. The van der Waals surface area contributed by atoms with Gasteiger partial charge in [0.1, 0.15) is 0 Å². The normalized spacial score (nSPS) is 21.8. The van der Waals surface area contributed by atoms with Crippen molar-refractivity contribution in [2.24, 2.45) is 11.8 Å². The van der Waals surface area contributed by atoms with Gasteiger partial charge in [-0.1, -0.05) is 41.9 Å². The van der Waals surface area contributed by atoms with Gasteiger partial charge in [0.05, 0.1) is 5.92 Å². The topological polar surface area (TPSA) is 79.5 Å². The van der Waals surface area contributed by atoms with Crippen LogP contribution in [0.15, 0.2) is 28.8 Å². The number of carbonyl (C=O) groups is 1. The van der Waals surface area contributed by atoms with Crippen LogP contribution < -0.4 is 4.90 Å². The fourth-order valence-corrected chi connectivity index (χ4v) is 2.85. The van der Waals surface area contributed by atoms with Crippen LogP contribution in [0.1, 0.15) is 18.9 Å². The molecule has 2 atom stereocenters. The number of carboxylic acids is 1. The summed E-state index contributed by atoms with van der Waals surface area (Å²) in [5, 5.41) is 13.2. The van der Waals surface area contributed by atoms with Gasteiger partial charge in [-0.15, -0.1) is 0 Å². The summed E-state index contributed by atoms with van der Waals surface area (Å²) < 4.78 is 5.34. The zero-order valence-electron chi connectivity index (χ0n) is 12.7. The Kier molecular flexibility index (Phi) is 3.83. The van der Waals surface area contributed by atoms with E-state index < -0.39 is 11.9 Å². The van der Waals surface area contributed by atoms with E-state index in [4.69, 9.17) is 4.52 Å². The number of piperidine rings is 1. The van der Waals surface area contributed by atoms with Gasteiger partial charge in [-0.05, 0) is 19.3 Å². The van der Waals surface area contributed by atoms with Crippen molar-refractivity contribution in [3.05, 3.63) is 29.8 Å². The molecule has 0 amide bonds. The number of anilines is 1. The standard InChI is InChI=1S/C16H19N3O3/c1-10-3-5-12(6-4-10)14-17-16(22-18-14)19-8-11(2)7-13(9-19)15(20)21/h3-6,11,13H,7-9H2,1-2H3,(H,20,21). The van der Waals surface area contributed by atoms with Crippen LogP contribution in [0, 0.1) is 18.8 Å². The molecule has 3 rings (SSSR count). The first-order valence-electron chi connectivity index (χ1n) is 7.41. The highest BCUT2D eigenvalue weighted by Gasteiger charge is 2.31. The maximum Gasteiger partial charge on any atom is 0.324 e. The first-order chi connectivity index (χ1) is 10.5. The van der Waals surface area contributed by atoms with Gasteiger partial charge >= 0.3 is 12.0 Å². The number of aliphatic carboxylic acids is 1. The lowest BCUT2D eigenvalue weighted by Crippen LogP contribution is -2.42. The molecule has 0 saturated carbocycles. The maximum atomic E-state index is 11.2. The Morgan fingerprint density at radius 1 is 1.32 bits per heavy atom. The highest BCUT2D eigenvalue weighted by molar-refractivity contribution is 5.71. The van der Waals surface area contributed by atoms with Gasteiger partial charge in [0.25, 0.3) is 0 Å². The molecule has 0 spiro atoms. The van der Waals surface area contributed by atoms with Crippen LogP contribution in [0.3, 0.4) is 0 Å². The van der Waals surface area contributed by atoms with Gasteiger partial charge < -0.3 is 14.5 Å². The average molecular weight is 301 g/mol. The molecule has 6 heteroatoms. The van der Waals surface area contributed by atoms with Crippen molar-refractivity contribution in [1.29, 1.82) is 0 Å². The van der Waals surface area contributed by atoms with Gasteiger partial charge in [-0.2, -0.15) is 4.98 Å². The largest absolute Gasteiger partial charge is 0.481 e. The summed E-state index contributed by atoms with van der Waals surface area (Å²) >= 11 is 0. The molecule has 1 fully saturated rings. The molecule has 1 aliphatic heterocycles. The molecule has 1 saturated heterocycles. The monoisotopic (exact) mass is 301 g/mol. The molecule has 2 heterocycles. The number of carboxylic acid groups (broad SMARTS) is 1. The minimum atomic E-state index is -0.769. The van der Waals surface area contributed by atoms with Gasteiger partial charge in [-0.25, -0.2) is 0 Å². The summed E-state index contributed by atoms with van der Waals surface area (Å²) in [5.74, 6) is -0.349. The Labute approximate surface area is 128 Å². The Hall–Kier alpha value is -2.37. The van der Waals surface area contributed by atoms with Gasteiger partial charge in [0.2, 0.25) is 5.82 Å². The quantitative estimate of drug-likeness (QED) is 0.938. The lowest BCUT2D eigenvalue weighted by atomic mass is 9.91. The molecule has 1 N–H and O–H groups in total. The maximum absolute atomic E-state index is 11.2. The van der Waals surface area contributed by atoms with Gasteiger partial charge in [0, 0.05) is 18.7 Å². The number of nitrogens with zero attached hydrogens (tertiary/aromatic N) is 3. The van der Waals surface area contributed by atoms with Gasteiger partial charge in [0.15, 0.2) is 0 Å². The molecule has 6 nitrogen and oxygen atoms in total. The van der Waals surface area contributed by atoms with E-state index in [1.807, 2.05) is 43.0 Å². The van der Waals surface area contributed by atoms with Crippen molar-refractivity contribution in [3.8, 4) is 11.4 Å². The Morgan fingerprint density at radius 3 is 2.73 bits per heavy atom. The minimum absolute atomic E-state index is 0.282. The Bertz CT molecular complexity index is 666. The molecule has 0 aliphatic carbocycles. The first kappa shape index (κ1) is 14.6. The van der Waals surface area contributed by atoms with Crippen molar-refractivity contribution >= 4 is 12.0 Å². The van der Waals surface area contributed by atoms with E-state index in [9.17, 15) is 9.90 Å². The van der Waals surface area contributed by atoms with Crippen LogP contribution in [-0.2, 0) is 4.79 Å². The summed E-state index contributed by atoms with van der Waals surface area (Å²) in [7, 11) is 0. The van der Waals surface area contributed by atoms with E-state index in [2.05, 4.69) is 10.1 Å². The number of benzene rings is 1. The van der Waals surface area contributed by atoms with Crippen molar-refractivity contribution in [2.75, 3.05) is 18.0 Å². The molecule has 0 bridgehead atoms. The molecule has 1 aromatic carbocycles. The van der Waals surface area contributed by atoms with Crippen LogP contribution in [0.4, 0.5) is 6.01 Å². The average Bonchev–Trinajstić information content (AvgIpc) is 2.97. The lowest BCUT2D eigenvalue weighted by Gasteiger charge is -2.33. The predicted molar refractivity (Wildman–Crippen MR) is 81.6 cm³/mol. The van der Waals surface area contributed by atoms with Crippen LogP contribution in [0.25, 0.3) is 11.4 Å². The smallest absolute Gasteiger partial charge is 0.324 e. The van der Waals surface area contributed by atoms with Crippen LogP contribution in [0.2, 0.25) is 0 Å². The second kappa shape index (κ2) is 5.79. The molecule has 0 radical (unpaired) electrons. The number of aryl methyl sites for hydroxylation is 1. The van der Waals surface area contributed by atoms with E-state index in [1.165, 1.54) is 5.56 Å². The molecule has 1 aliphatic rings. The third-order valence-electron chi connectivity index (χ3n) is 4.00. The van der Waals surface area contributed by atoms with E-state index in [1.54, 1.807) is 0 Å². The predicted octanol–water partition coefficient (Wildman–Crippen LogP) is 2.59.